The molecule has 1 N–H and O–H groups in total. The van der Waals surface area contributed by atoms with Crippen LogP contribution in [0, 0.1) is 11.3 Å². The molecule has 0 aliphatic heterocycles. The van der Waals surface area contributed by atoms with Gasteiger partial charge in [-0.1, -0.05) is 23.7 Å². The lowest BCUT2D eigenvalue weighted by molar-refractivity contribution is -0.136. The fourth-order valence-corrected chi connectivity index (χ4v) is 1.83. The third-order valence-electron chi connectivity index (χ3n) is 2.57. The molecule has 0 aliphatic rings. The molecule has 0 atom stereocenters. The summed E-state index contributed by atoms with van der Waals surface area (Å²) in [4.78, 5) is 10.6. The molecule has 0 amide bonds. The zero-order chi connectivity index (χ0) is 14.5. The number of hydrogen-bond donors (Lipinski definition) is 1. The normalized spacial score (nSPS) is 9.80. The quantitative estimate of drug-likeness (QED) is 0.932. The van der Waals surface area contributed by atoms with Gasteiger partial charge in [0.2, 0.25) is 0 Å². The predicted octanol–water partition coefficient (Wildman–Crippen LogP) is 3.63. The van der Waals surface area contributed by atoms with Crippen molar-refractivity contribution in [2.45, 2.75) is 6.42 Å². The van der Waals surface area contributed by atoms with E-state index >= 15 is 0 Å². The van der Waals surface area contributed by atoms with Crippen LogP contribution in [0.15, 0.2) is 42.5 Å². The largest absolute Gasteiger partial charge is 0.481 e. The summed E-state index contributed by atoms with van der Waals surface area (Å²) in [5, 5.41) is 18.2. The lowest BCUT2D eigenvalue weighted by Gasteiger charge is -2.08. The van der Waals surface area contributed by atoms with Crippen LogP contribution >= 0.6 is 11.6 Å². The van der Waals surface area contributed by atoms with E-state index in [9.17, 15) is 4.79 Å². The minimum absolute atomic E-state index is 0.0370. The van der Waals surface area contributed by atoms with Gasteiger partial charge in [-0.3, -0.25) is 4.79 Å². The number of aliphatic carboxylic acids is 1. The number of nitrogens with zero attached hydrogens (tertiary/aromatic N) is 1. The van der Waals surface area contributed by atoms with E-state index in [2.05, 4.69) is 0 Å². The summed E-state index contributed by atoms with van der Waals surface area (Å²) in [5.74, 6) is 0.0454. The van der Waals surface area contributed by atoms with Crippen LogP contribution in [0.1, 0.15) is 11.1 Å². The summed E-state index contributed by atoms with van der Waals surface area (Å²) in [6, 6.07) is 13.4. The molecule has 0 aliphatic carbocycles. The highest BCUT2D eigenvalue weighted by Crippen LogP contribution is 2.27. The standard InChI is InChI=1S/C15H10ClNO3/c16-12-3-6-14(11(8-12)9-17)20-13-4-1-10(2-5-13)7-15(18)19/h1-6,8H,7H2,(H,18,19). The fraction of sp³-hybridized carbons (Fsp3) is 0.0667. The molecule has 0 saturated heterocycles. The van der Waals surface area contributed by atoms with Crippen molar-refractivity contribution in [3.8, 4) is 17.6 Å². The van der Waals surface area contributed by atoms with E-state index in [-0.39, 0.29) is 6.42 Å². The van der Waals surface area contributed by atoms with Gasteiger partial charge in [0, 0.05) is 5.02 Å². The summed E-state index contributed by atoms with van der Waals surface area (Å²) >= 11 is 5.81. The molecule has 100 valence electrons. The maximum Gasteiger partial charge on any atom is 0.307 e. The van der Waals surface area contributed by atoms with Crippen molar-refractivity contribution in [1.82, 2.24) is 0 Å². The number of halogens is 1. The van der Waals surface area contributed by atoms with E-state index in [1.807, 2.05) is 6.07 Å². The van der Waals surface area contributed by atoms with Crippen molar-refractivity contribution in [3.63, 3.8) is 0 Å². The smallest absolute Gasteiger partial charge is 0.307 e. The summed E-state index contributed by atoms with van der Waals surface area (Å²) < 4.78 is 5.59. The van der Waals surface area contributed by atoms with Crippen molar-refractivity contribution in [2.75, 3.05) is 0 Å². The second-order valence-electron chi connectivity index (χ2n) is 4.07. The number of benzene rings is 2. The summed E-state index contributed by atoms with van der Waals surface area (Å²) in [7, 11) is 0. The van der Waals surface area contributed by atoms with Crippen LogP contribution in [0.5, 0.6) is 11.5 Å². The number of carboxylic acids is 1. The number of nitriles is 1. The van der Waals surface area contributed by atoms with E-state index in [0.29, 0.717) is 27.6 Å². The second-order valence-corrected chi connectivity index (χ2v) is 4.51. The third-order valence-corrected chi connectivity index (χ3v) is 2.80. The Bertz CT molecular complexity index is 675. The van der Waals surface area contributed by atoms with Gasteiger partial charge in [0.25, 0.3) is 0 Å². The zero-order valence-electron chi connectivity index (χ0n) is 10.3. The Morgan fingerprint density at radius 3 is 2.55 bits per heavy atom. The number of rotatable bonds is 4. The molecule has 20 heavy (non-hydrogen) atoms. The molecule has 0 bridgehead atoms. The molecule has 0 aromatic heterocycles. The van der Waals surface area contributed by atoms with Crippen molar-refractivity contribution >= 4 is 17.6 Å². The Kier molecular flexibility index (Phi) is 4.24. The van der Waals surface area contributed by atoms with Gasteiger partial charge in [-0.05, 0) is 35.9 Å². The summed E-state index contributed by atoms with van der Waals surface area (Å²) in [6.45, 7) is 0. The molecule has 2 rings (SSSR count). The molecule has 0 saturated carbocycles. The van der Waals surface area contributed by atoms with E-state index in [1.165, 1.54) is 6.07 Å². The lowest BCUT2D eigenvalue weighted by Crippen LogP contribution is -1.99. The van der Waals surface area contributed by atoms with Crippen LogP contribution in [0.3, 0.4) is 0 Å². The maximum atomic E-state index is 10.6. The van der Waals surface area contributed by atoms with Crippen LogP contribution in [0.4, 0.5) is 0 Å². The molecule has 2 aromatic rings. The minimum Gasteiger partial charge on any atom is -0.481 e. The van der Waals surface area contributed by atoms with Crippen molar-refractivity contribution in [3.05, 3.63) is 58.6 Å². The zero-order valence-corrected chi connectivity index (χ0v) is 11.1. The Morgan fingerprint density at radius 2 is 1.95 bits per heavy atom. The fourth-order valence-electron chi connectivity index (χ4n) is 1.66. The molecule has 0 fully saturated rings. The summed E-state index contributed by atoms with van der Waals surface area (Å²) in [5.41, 5.74) is 1.02. The average molecular weight is 288 g/mol. The highest BCUT2D eigenvalue weighted by Gasteiger charge is 2.06. The molecule has 4 nitrogen and oxygen atoms in total. The molecule has 0 heterocycles. The molecule has 0 spiro atoms. The van der Waals surface area contributed by atoms with Gasteiger partial charge in [0.15, 0.2) is 0 Å². The Balaban J connectivity index is 2.18. The van der Waals surface area contributed by atoms with Crippen LogP contribution in [0.2, 0.25) is 5.02 Å². The SMILES string of the molecule is N#Cc1cc(Cl)ccc1Oc1ccc(CC(=O)O)cc1. The van der Waals surface area contributed by atoms with Gasteiger partial charge in [0.1, 0.15) is 17.6 Å². The van der Waals surface area contributed by atoms with Crippen LogP contribution in [-0.4, -0.2) is 11.1 Å². The first-order chi connectivity index (χ1) is 9.58. The predicted molar refractivity (Wildman–Crippen MR) is 74.0 cm³/mol. The first-order valence-corrected chi connectivity index (χ1v) is 6.14. The summed E-state index contributed by atoms with van der Waals surface area (Å²) in [6.07, 6.45) is -0.0370. The Hall–Kier alpha value is -2.51. The van der Waals surface area contributed by atoms with Crippen LogP contribution < -0.4 is 4.74 Å². The molecular weight excluding hydrogens is 278 g/mol. The number of ether oxygens (including phenoxy) is 1. The van der Waals surface area contributed by atoms with Crippen LogP contribution in [0.25, 0.3) is 0 Å². The van der Waals surface area contributed by atoms with Crippen LogP contribution in [-0.2, 0) is 11.2 Å². The van der Waals surface area contributed by atoms with Gasteiger partial charge in [-0.15, -0.1) is 0 Å². The molecule has 2 aromatic carbocycles. The van der Waals surface area contributed by atoms with E-state index in [4.69, 9.17) is 26.7 Å². The topological polar surface area (TPSA) is 70.3 Å². The Morgan fingerprint density at radius 1 is 1.25 bits per heavy atom. The van der Waals surface area contributed by atoms with Crippen molar-refractivity contribution in [1.29, 1.82) is 5.26 Å². The van der Waals surface area contributed by atoms with Gasteiger partial charge in [-0.25, -0.2) is 0 Å². The maximum absolute atomic E-state index is 10.6. The average Bonchev–Trinajstić information content (AvgIpc) is 2.42. The van der Waals surface area contributed by atoms with Crippen molar-refractivity contribution in [2.24, 2.45) is 0 Å². The first kappa shape index (κ1) is 13.9. The second kappa shape index (κ2) is 6.09. The number of carbonyl (C=O) groups is 1. The molecular formula is C15H10ClNO3. The molecule has 0 radical (unpaired) electrons. The van der Waals surface area contributed by atoms with Gasteiger partial charge >= 0.3 is 5.97 Å². The van der Waals surface area contributed by atoms with E-state index < -0.39 is 5.97 Å². The molecule has 0 unspecified atom stereocenters. The van der Waals surface area contributed by atoms with Gasteiger partial charge < -0.3 is 9.84 Å². The first-order valence-electron chi connectivity index (χ1n) is 5.77. The van der Waals surface area contributed by atoms with E-state index in [1.54, 1.807) is 36.4 Å². The highest BCUT2D eigenvalue weighted by atomic mass is 35.5. The lowest BCUT2D eigenvalue weighted by atomic mass is 10.1. The third kappa shape index (κ3) is 3.50. The van der Waals surface area contributed by atoms with Gasteiger partial charge in [-0.2, -0.15) is 5.26 Å². The number of hydrogen-bond acceptors (Lipinski definition) is 3. The highest BCUT2D eigenvalue weighted by molar-refractivity contribution is 6.30. The number of carboxylic acid groups (broad SMARTS) is 1. The Labute approximate surface area is 120 Å². The van der Waals surface area contributed by atoms with E-state index in [0.717, 1.165) is 0 Å². The monoisotopic (exact) mass is 287 g/mol. The van der Waals surface area contributed by atoms with Crippen molar-refractivity contribution < 1.29 is 14.6 Å². The van der Waals surface area contributed by atoms with Gasteiger partial charge in [0.05, 0.1) is 12.0 Å². The molecule has 5 heteroatoms. The minimum atomic E-state index is -0.886.